The van der Waals surface area contributed by atoms with Crippen molar-refractivity contribution in [3.05, 3.63) is 62.0 Å². The highest BCUT2D eigenvalue weighted by Gasteiger charge is 2.26. The number of rotatable bonds is 6. The lowest BCUT2D eigenvalue weighted by Gasteiger charge is -2.04. The van der Waals surface area contributed by atoms with Gasteiger partial charge in [-0.2, -0.15) is 0 Å². The summed E-state index contributed by atoms with van der Waals surface area (Å²) < 4.78 is 9.39. The molecule has 0 aliphatic heterocycles. The number of nitro benzene ring substituents is 1. The van der Waals surface area contributed by atoms with Gasteiger partial charge in [0.25, 0.3) is 5.69 Å². The van der Waals surface area contributed by atoms with Crippen molar-refractivity contribution >= 4 is 45.9 Å². The highest BCUT2D eigenvalue weighted by molar-refractivity contribution is 7.18. The van der Waals surface area contributed by atoms with E-state index in [4.69, 9.17) is 4.74 Å². The molecule has 0 fully saturated rings. The average Bonchev–Trinajstić information content (AvgIpc) is 3.01. The molecule has 2 aromatic rings. The average molecular weight is 404 g/mol. The fourth-order valence-electron chi connectivity index (χ4n) is 2.30. The number of esters is 2. The van der Waals surface area contributed by atoms with Crippen LogP contribution in [0.15, 0.2) is 30.3 Å². The van der Waals surface area contributed by atoms with Gasteiger partial charge in [-0.15, -0.1) is 11.3 Å². The van der Waals surface area contributed by atoms with Crippen LogP contribution in [-0.4, -0.2) is 37.0 Å². The van der Waals surface area contributed by atoms with Crippen molar-refractivity contribution in [3.63, 3.8) is 0 Å². The Morgan fingerprint density at radius 2 is 1.86 bits per heavy atom. The molecule has 0 aliphatic rings. The van der Waals surface area contributed by atoms with Gasteiger partial charge in [0.15, 0.2) is 0 Å². The quantitative estimate of drug-likeness (QED) is 0.339. The summed E-state index contributed by atoms with van der Waals surface area (Å²) in [7, 11) is 2.39. The lowest BCUT2D eigenvalue weighted by Crippen LogP contribution is -2.11. The topological polar surface area (TPSA) is 125 Å². The van der Waals surface area contributed by atoms with E-state index in [1.807, 2.05) is 0 Å². The number of methoxy groups -OCH3 is 2. The van der Waals surface area contributed by atoms with Crippen LogP contribution in [0.4, 0.5) is 10.7 Å². The summed E-state index contributed by atoms with van der Waals surface area (Å²) in [6, 6.07) is 5.74. The van der Waals surface area contributed by atoms with Crippen LogP contribution in [-0.2, 0) is 14.3 Å². The Morgan fingerprint density at radius 3 is 2.46 bits per heavy atom. The van der Waals surface area contributed by atoms with E-state index in [-0.39, 0.29) is 21.1 Å². The molecular formula is C18H16N2O7S. The lowest BCUT2D eigenvalue weighted by molar-refractivity contribution is -0.384. The van der Waals surface area contributed by atoms with E-state index in [9.17, 15) is 24.5 Å². The Morgan fingerprint density at radius 1 is 1.18 bits per heavy atom. The normalized spacial score (nSPS) is 10.5. The van der Waals surface area contributed by atoms with E-state index in [2.05, 4.69) is 10.1 Å². The Balaban J connectivity index is 2.28. The first-order valence-electron chi connectivity index (χ1n) is 7.82. The van der Waals surface area contributed by atoms with Gasteiger partial charge in [0, 0.05) is 18.2 Å². The van der Waals surface area contributed by atoms with Gasteiger partial charge in [-0.1, -0.05) is 12.1 Å². The van der Waals surface area contributed by atoms with Crippen molar-refractivity contribution < 1.29 is 28.8 Å². The second-order valence-corrected chi connectivity index (χ2v) is 6.44. The van der Waals surface area contributed by atoms with E-state index in [1.165, 1.54) is 38.5 Å². The molecular weight excluding hydrogens is 388 g/mol. The molecule has 10 heteroatoms. The molecule has 146 valence electrons. The van der Waals surface area contributed by atoms with E-state index in [0.717, 1.165) is 17.4 Å². The number of amides is 1. The highest BCUT2D eigenvalue weighted by Crippen LogP contribution is 2.34. The maximum absolute atomic E-state index is 12.2. The monoisotopic (exact) mass is 404 g/mol. The molecule has 0 saturated heterocycles. The van der Waals surface area contributed by atoms with Gasteiger partial charge >= 0.3 is 11.9 Å². The van der Waals surface area contributed by atoms with Gasteiger partial charge in [-0.05, 0) is 24.1 Å². The van der Waals surface area contributed by atoms with Crippen LogP contribution in [0.3, 0.4) is 0 Å². The Kier molecular flexibility index (Phi) is 6.61. The smallest absolute Gasteiger partial charge is 0.348 e. The molecule has 2 rings (SSSR count). The number of nitrogens with zero attached hydrogens (tertiary/aromatic N) is 1. The Hall–Kier alpha value is -3.53. The van der Waals surface area contributed by atoms with E-state index in [0.29, 0.717) is 11.1 Å². The SMILES string of the molecule is COC(=O)c1sc(NC(=O)C=Cc2cccc([N+](=O)[O-])c2)c(C(=O)OC)c1C. The van der Waals surface area contributed by atoms with Crippen molar-refractivity contribution in [2.24, 2.45) is 0 Å². The third-order valence-corrected chi connectivity index (χ3v) is 4.84. The molecule has 0 atom stereocenters. The minimum absolute atomic E-state index is 0.0602. The first-order chi connectivity index (χ1) is 13.3. The van der Waals surface area contributed by atoms with Gasteiger partial charge in [-0.25, -0.2) is 9.59 Å². The molecule has 1 aromatic heterocycles. The minimum Gasteiger partial charge on any atom is -0.465 e. The predicted octanol–water partition coefficient (Wildman–Crippen LogP) is 3.19. The summed E-state index contributed by atoms with van der Waals surface area (Å²) in [4.78, 5) is 46.6. The maximum atomic E-state index is 12.2. The second-order valence-electron chi connectivity index (χ2n) is 5.42. The fraction of sp³-hybridized carbons (Fsp3) is 0.167. The summed E-state index contributed by atoms with van der Waals surface area (Å²) >= 11 is 0.888. The van der Waals surface area contributed by atoms with E-state index in [1.54, 1.807) is 13.0 Å². The molecule has 28 heavy (non-hydrogen) atoms. The number of carbonyl (C=O) groups is 3. The number of anilines is 1. The van der Waals surface area contributed by atoms with E-state index >= 15 is 0 Å². The Bertz CT molecular complexity index is 978. The van der Waals surface area contributed by atoms with Gasteiger partial charge < -0.3 is 14.8 Å². The first-order valence-corrected chi connectivity index (χ1v) is 8.63. The first kappa shape index (κ1) is 20.8. The fourth-order valence-corrected chi connectivity index (χ4v) is 3.42. The minimum atomic E-state index is -0.707. The Labute approximate surface area is 163 Å². The van der Waals surface area contributed by atoms with Crippen molar-refractivity contribution in [1.29, 1.82) is 0 Å². The number of nitro groups is 1. The predicted molar refractivity (Wildman–Crippen MR) is 102 cm³/mol. The molecule has 1 amide bonds. The molecule has 0 aliphatic carbocycles. The third kappa shape index (κ3) is 4.60. The van der Waals surface area contributed by atoms with Crippen LogP contribution >= 0.6 is 11.3 Å². The van der Waals surface area contributed by atoms with Crippen LogP contribution in [0.25, 0.3) is 6.08 Å². The van der Waals surface area contributed by atoms with Crippen molar-refractivity contribution in [3.8, 4) is 0 Å². The maximum Gasteiger partial charge on any atom is 0.348 e. The molecule has 0 bridgehead atoms. The van der Waals surface area contributed by atoms with Gasteiger partial charge in [0.1, 0.15) is 9.88 Å². The molecule has 0 spiro atoms. The molecule has 1 aromatic carbocycles. The molecule has 9 nitrogen and oxygen atoms in total. The number of carbonyl (C=O) groups excluding carboxylic acids is 3. The number of thiophene rings is 1. The van der Waals surface area contributed by atoms with Crippen LogP contribution in [0, 0.1) is 17.0 Å². The van der Waals surface area contributed by atoms with Crippen LogP contribution in [0.2, 0.25) is 0 Å². The zero-order valence-electron chi connectivity index (χ0n) is 15.2. The summed E-state index contributed by atoms with van der Waals surface area (Å²) in [5.41, 5.74) is 0.744. The van der Waals surface area contributed by atoms with Crippen molar-refractivity contribution in [2.45, 2.75) is 6.92 Å². The molecule has 0 saturated carbocycles. The van der Waals surface area contributed by atoms with Crippen molar-refractivity contribution in [2.75, 3.05) is 19.5 Å². The van der Waals surface area contributed by atoms with Crippen molar-refractivity contribution in [1.82, 2.24) is 0 Å². The summed E-state index contributed by atoms with van der Waals surface area (Å²) in [6.45, 7) is 1.55. The number of benzene rings is 1. The van der Waals surface area contributed by atoms with E-state index < -0.39 is 22.8 Å². The largest absolute Gasteiger partial charge is 0.465 e. The standard InChI is InChI=1S/C18H16N2O7S/c1-10-14(17(22)26-2)16(28-15(10)18(23)27-3)19-13(21)8-7-11-5-4-6-12(9-11)20(24)25/h4-9H,1-3H3,(H,19,21). The molecule has 1 N–H and O–H groups in total. The van der Waals surface area contributed by atoms with Gasteiger partial charge in [0.05, 0.1) is 24.7 Å². The van der Waals surface area contributed by atoms with Gasteiger partial charge in [0.2, 0.25) is 5.91 Å². The molecule has 0 unspecified atom stereocenters. The van der Waals surface area contributed by atoms with Crippen LogP contribution in [0.1, 0.15) is 31.2 Å². The van der Waals surface area contributed by atoms with Crippen LogP contribution < -0.4 is 5.32 Å². The number of nitrogens with one attached hydrogen (secondary N) is 1. The second kappa shape index (κ2) is 8.91. The third-order valence-electron chi connectivity index (χ3n) is 3.65. The van der Waals surface area contributed by atoms with Gasteiger partial charge in [-0.3, -0.25) is 14.9 Å². The summed E-state index contributed by atoms with van der Waals surface area (Å²) in [5.74, 6) is -1.93. The summed E-state index contributed by atoms with van der Waals surface area (Å²) in [6.07, 6.45) is 2.55. The number of hydrogen-bond donors (Lipinski definition) is 1. The lowest BCUT2D eigenvalue weighted by atomic mass is 10.1. The molecule has 1 heterocycles. The zero-order chi connectivity index (χ0) is 20.8. The molecule has 0 radical (unpaired) electrons. The summed E-state index contributed by atoms with van der Waals surface area (Å²) in [5, 5.41) is 13.5. The zero-order valence-corrected chi connectivity index (χ0v) is 16.0. The van der Waals surface area contributed by atoms with Crippen LogP contribution in [0.5, 0.6) is 0 Å². The number of ether oxygens (including phenoxy) is 2. The number of non-ortho nitro benzene ring substituents is 1. The highest BCUT2D eigenvalue weighted by atomic mass is 32.1. The number of hydrogen-bond acceptors (Lipinski definition) is 8.